The molecule has 0 spiro atoms. The van der Waals surface area contributed by atoms with E-state index in [1.165, 1.54) is 0 Å². The van der Waals surface area contributed by atoms with Crippen molar-refractivity contribution in [1.82, 2.24) is 4.90 Å². The van der Waals surface area contributed by atoms with Crippen molar-refractivity contribution in [3.8, 4) is 0 Å². The number of nitrogens with one attached hydrogen (secondary N) is 1. The first-order valence-electron chi connectivity index (χ1n) is 7.00. The van der Waals surface area contributed by atoms with Crippen LogP contribution in [0.3, 0.4) is 0 Å². The Bertz CT molecular complexity index is 549. The average molecular weight is 304 g/mol. The summed E-state index contributed by atoms with van der Waals surface area (Å²) >= 11 is 5.43. The highest BCUT2D eigenvalue weighted by Crippen LogP contribution is 2.17. The Hall–Kier alpha value is -1.72. The van der Waals surface area contributed by atoms with Crippen molar-refractivity contribution in [2.75, 3.05) is 31.6 Å². The van der Waals surface area contributed by atoms with E-state index in [9.17, 15) is 4.79 Å². The second-order valence-corrected chi connectivity index (χ2v) is 5.34. The molecule has 5 heteroatoms. The zero-order chi connectivity index (χ0) is 15.2. The van der Waals surface area contributed by atoms with Gasteiger partial charge in [-0.15, -0.1) is 0 Å². The topological polar surface area (TPSA) is 41.6 Å². The summed E-state index contributed by atoms with van der Waals surface area (Å²) in [6.07, 6.45) is 0. The maximum Gasteiger partial charge on any atom is 0.164 e. The maximum absolute atomic E-state index is 12.0. The number of hydrogen-bond donors (Lipinski definition) is 1. The Morgan fingerprint density at radius 1 is 1.19 bits per heavy atom. The second kappa shape index (κ2) is 7.33. The lowest BCUT2D eigenvalue weighted by atomic mass is 10.1. The van der Waals surface area contributed by atoms with Gasteiger partial charge in [0.15, 0.2) is 5.78 Å². The maximum atomic E-state index is 12.0. The first kappa shape index (κ1) is 15.7. The third-order valence-electron chi connectivity index (χ3n) is 3.46. The van der Waals surface area contributed by atoms with Crippen LogP contribution < -0.4 is 5.32 Å². The highest BCUT2D eigenvalue weighted by atomic mass is 32.1. The number of benzene rings is 1. The van der Waals surface area contributed by atoms with E-state index in [1.54, 1.807) is 6.92 Å². The number of Topliss-reactive ketones (excluding diaryl/α,β-unsaturated/α-hetero) is 1. The van der Waals surface area contributed by atoms with Crippen LogP contribution in [0, 0.1) is 0 Å². The van der Waals surface area contributed by atoms with Gasteiger partial charge in [0, 0.05) is 24.5 Å². The number of ketones is 1. The molecule has 0 aromatic heterocycles. The van der Waals surface area contributed by atoms with E-state index in [4.69, 9.17) is 17.0 Å². The van der Waals surface area contributed by atoms with E-state index in [1.807, 2.05) is 37.3 Å². The predicted octanol–water partition coefficient (Wildman–Crippen LogP) is 2.62. The molecular weight excluding hydrogens is 284 g/mol. The quantitative estimate of drug-likeness (QED) is 0.684. The molecular formula is C16H20N2O2S. The van der Waals surface area contributed by atoms with Gasteiger partial charge in [0.25, 0.3) is 0 Å². The minimum absolute atomic E-state index is 0.0209. The van der Waals surface area contributed by atoms with Crippen molar-refractivity contribution in [2.24, 2.45) is 0 Å². The average Bonchev–Trinajstić information content (AvgIpc) is 2.49. The number of allylic oxidation sites excluding steroid dienone is 1. The molecule has 21 heavy (non-hydrogen) atoms. The van der Waals surface area contributed by atoms with E-state index in [-0.39, 0.29) is 5.78 Å². The van der Waals surface area contributed by atoms with Gasteiger partial charge in [-0.1, -0.05) is 30.4 Å². The molecule has 0 radical (unpaired) electrons. The molecule has 1 fully saturated rings. The first-order chi connectivity index (χ1) is 10.1. The molecule has 0 aliphatic carbocycles. The van der Waals surface area contributed by atoms with Crippen molar-refractivity contribution in [3.05, 3.63) is 41.6 Å². The normalized spacial score (nSPS) is 16.2. The fraction of sp³-hybridized carbons (Fsp3) is 0.375. The molecule has 0 unspecified atom stereocenters. The Balaban J connectivity index is 2.21. The molecule has 0 bridgehead atoms. The van der Waals surface area contributed by atoms with Crippen LogP contribution in [-0.2, 0) is 9.53 Å². The summed E-state index contributed by atoms with van der Waals surface area (Å²) in [5, 5.41) is 3.14. The standard InChI is InChI=1S/C16H20N2O2S/c1-12(18-8-10-20-11-9-18)15(13(2)19)16(21)17-14-6-4-3-5-7-14/h3-7H,8-11H2,1-2H3,(H,17,21)/b15-12+. The molecule has 0 amide bonds. The lowest BCUT2D eigenvalue weighted by Gasteiger charge is -2.31. The molecule has 1 aromatic rings. The van der Waals surface area contributed by atoms with Gasteiger partial charge in [-0.25, -0.2) is 0 Å². The summed E-state index contributed by atoms with van der Waals surface area (Å²) in [5.74, 6) is -0.0209. The molecule has 0 saturated carbocycles. The van der Waals surface area contributed by atoms with E-state index in [0.29, 0.717) is 23.8 Å². The number of anilines is 1. The molecule has 2 rings (SSSR count). The van der Waals surface area contributed by atoms with Crippen LogP contribution in [0.5, 0.6) is 0 Å². The third-order valence-corrected chi connectivity index (χ3v) is 3.76. The number of thiocarbonyl (C=S) groups is 1. The number of carbonyl (C=O) groups is 1. The monoisotopic (exact) mass is 304 g/mol. The zero-order valence-electron chi connectivity index (χ0n) is 12.4. The first-order valence-corrected chi connectivity index (χ1v) is 7.41. The fourth-order valence-electron chi connectivity index (χ4n) is 2.35. The van der Waals surface area contributed by atoms with Crippen LogP contribution in [0.15, 0.2) is 41.6 Å². The van der Waals surface area contributed by atoms with Crippen molar-refractivity contribution in [3.63, 3.8) is 0 Å². The van der Waals surface area contributed by atoms with Crippen molar-refractivity contribution in [1.29, 1.82) is 0 Å². The van der Waals surface area contributed by atoms with Crippen LogP contribution in [0.25, 0.3) is 0 Å². The summed E-state index contributed by atoms with van der Waals surface area (Å²) in [4.78, 5) is 14.6. The van der Waals surface area contributed by atoms with Crippen LogP contribution in [-0.4, -0.2) is 42.0 Å². The summed E-state index contributed by atoms with van der Waals surface area (Å²) in [6.45, 7) is 6.44. The van der Waals surface area contributed by atoms with Gasteiger partial charge >= 0.3 is 0 Å². The molecule has 4 nitrogen and oxygen atoms in total. The number of para-hydroxylation sites is 1. The Kier molecular flexibility index (Phi) is 5.47. The summed E-state index contributed by atoms with van der Waals surface area (Å²) in [6, 6.07) is 9.64. The molecule has 1 heterocycles. The van der Waals surface area contributed by atoms with Crippen LogP contribution in [0.2, 0.25) is 0 Å². The Morgan fingerprint density at radius 3 is 2.38 bits per heavy atom. The summed E-state index contributed by atoms with van der Waals surface area (Å²) in [7, 11) is 0. The van der Waals surface area contributed by atoms with E-state index < -0.39 is 0 Å². The lowest BCUT2D eigenvalue weighted by Crippen LogP contribution is -2.37. The minimum atomic E-state index is -0.0209. The van der Waals surface area contributed by atoms with Gasteiger partial charge in [0.2, 0.25) is 0 Å². The van der Waals surface area contributed by atoms with Crippen LogP contribution >= 0.6 is 12.2 Å². The van der Waals surface area contributed by atoms with Crippen LogP contribution in [0.1, 0.15) is 13.8 Å². The zero-order valence-corrected chi connectivity index (χ0v) is 13.2. The second-order valence-electron chi connectivity index (χ2n) is 4.94. The number of morpholine rings is 1. The van der Waals surface area contributed by atoms with Gasteiger partial charge in [0.1, 0.15) is 4.99 Å². The van der Waals surface area contributed by atoms with Gasteiger partial charge in [0.05, 0.1) is 18.8 Å². The SMILES string of the molecule is CC(=O)/C(C(=S)Nc1ccccc1)=C(/C)N1CCOCC1. The number of hydrogen-bond acceptors (Lipinski definition) is 4. The smallest absolute Gasteiger partial charge is 0.164 e. The third kappa shape index (κ3) is 4.12. The van der Waals surface area contributed by atoms with Gasteiger partial charge in [-0.2, -0.15) is 0 Å². The van der Waals surface area contributed by atoms with Crippen molar-refractivity contribution < 1.29 is 9.53 Å². The summed E-state index contributed by atoms with van der Waals surface area (Å²) < 4.78 is 5.35. The molecule has 112 valence electrons. The predicted molar refractivity (Wildman–Crippen MR) is 88.4 cm³/mol. The molecule has 0 atom stereocenters. The van der Waals surface area contributed by atoms with E-state index in [2.05, 4.69) is 10.2 Å². The summed E-state index contributed by atoms with van der Waals surface area (Å²) in [5.41, 5.74) is 2.38. The van der Waals surface area contributed by atoms with E-state index >= 15 is 0 Å². The van der Waals surface area contributed by atoms with Crippen molar-refractivity contribution in [2.45, 2.75) is 13.8 Å². The molecule has 1 aliphatic rings. The van der Waals surface area contributed by atoms with Crippen molar-refractivity contribution >= 4 is 28.7 Å². The van der Waals surface area contributed by atoms with Crippen LogP contribution in [0.4, 0.5) is 5.69 Å². The molecule has 1 aromatic carbocycles. The Labute approximate surface area is 130 Å². The Morgan fingerprint density at radius 2 is 1.81 bits per heavy atom. The number of rotatable bonds is 4. The number of ether oxygens (including phenoxy) is 1. The molecule has 1 aliphatic heterocycles. The number of nitrogens with zero attached hydrogens (tertiary/aromatic N) is 1. The largest absolute Gasteiger partial charge is 0.378 e. The minimum Gasteiger partial charge on any atom is -0.378 e. The highest BCUT2D eigenvalue weighted by Gasteiger charge is 2.20. The van der Waals surface area contributed by atoms with E-state index in [0.717, 1.165) is 24.5 Å². The van der Waals surface area contributed by atoms with Gasteiger partial charge in [-0.05, 0) is 26.0 Å². The fourth-order valence-corrected chi connectivity index (χ4v) is 2.76. The molecule has 1 saturated heterocycles. The molecule has 1 N–H and O–H groups in total. The van der Waals surface area contributed by atoms with Gasteiger partial charge in [-0.3, -0.25) is 4.79 Å². The highest BCUT2D eigenvalue weighted by molar-refractivity contribution is 7.81. The number of carbonyl (C=O) groups excluding carboxylic acids is 1. The lowest BCUT2D eigenvalue weighted by molar-refractivity contribution is -0.113. The van der Waals surface area contributed by atoms with Gasteiger partial charge < -0.3 is 15.0 Å².